The van der Waals surface area contributed by atoms with Crippen LogP contribution in [-0.4, -0.2) is 17.1 Å². The first-order valence-corrected chi connectivity index (χ1v) is 7.10. The number of benzene rings is 2. The van der Waals surface area contributed by atoms with Gasteiger partial charge >= 0.3 is 0 Å². The minimum atomic E-state index is 0.583. The molecule has 3 rings (SSSR count). The zero-order chi connectivity index (χ0) is 14.7. The largest absolute Gasteiger partial charge is 0.496 e. The van der Waals surface area contributed by atoms with Gasteiger partial charge < -0.3 is 9.64 Å². The molecule has 0 aromatic heterocycles. The molecule has 1 radical (unpaired) electrons. The van der Waals surface area contributed by atoms with Crippen LogP contribution >= 0.6 is 12.2 Å². The van der Waals surface area contributed by atoms with Gasteiger partial charge in [0.2, 0.25) is 0 Å². The second-order valence-corrected chi connectivity index (χ2v) is 5.08. The maximum Gasteiger partial charge on any atom is 0.200 e. The number of thiocarbonyl (C=S) groups is 1. The van der Waals surface area contributed by atoms with Crippen molar-refractivity contribution < 1.29 is 4.74 Å². The number of hydrogen-bond donors (Lipinski definition) is 0. The third-order valence-corrected chi connectivity index (χ3v) is 3.67. The van der Waals surface area contributed by atoms with Gasteiger partial charge in [0, 0.05) is 17.3 Å². The summed E-state index contributed by atoms with van der Waals surface area (Å²) in [6, 6.07) is 18.0. The van der Waals surface area contributed by atoms with Crippen LogP contribution in [0.5, 0.6) is 5.75 Å². The molecule has 1 heterocycles. The van der Waals surface area contributed by atoms with Gasteiger partial charge in [-0.3, -0.25) is 0 Å². The van der Waals surface area contributed by atoms with Gasteiger partial charge in [-0.05, 0) is 18.3 Å². The molecule has 0 amide bonds. The van der Waals surface area contributed by atoms with Crippen LogP contribution in [0.4, 0.5) is 0 Å². The third-order valence-electron chi connectivity index (χ3n) is 3.34. The van der Waals surface area contributed by atoms with Crippen molar-refractivity contribution in [2.75, 3.05) is 7.11 Å². The lowest BCUT2D eigenvalue weighted by atomic mass is 10.2. The van der Waals surface area contributed by atoms with E-state index in [9.17, 15) is 0 Å². The fourth-order valence-corrected chi connectivity index (χ4v) is 2.49. The van der Waals surface area contributed by atoms with Crippen LogP contribution < -0.4 is 10.1 Å². The molecule has 0 aliphatic carbocycles. The van der Waals surface area contributed by atoms with E-state index >= 15 is 0 Å². The smallest absolute Gasteiger partial charge is 0.200 e. The zero-order valence-corrected chi connectivity index (χ0v) is 12.5. The molecule has 0 saturated heterocycles. The summed E-state index contributed by atoms with van der Waals surface area (Å²) in [6.07, 6.45) is 1.99. The van der Waals surface area contributed by atoms with Gasteiger partial charge in [0.1, 0.15) is 5.75 Å². The van der Waals surface area contributed by atoms with Crippen molar-refractivity contribution in [3.8, 4) is 5.75 Å². The van der Waals surface area contributed by atoms with Crippen LogP contribution in [0.2, 0.25) is 0 Å². The number of rotatable bonds is 4. The minimum absolute atomic E-state index is 0.583. The average molecular weight is 295 g/mol. The fraction of sp³-hybridized carbons (Fsp3) is 0.118. The molecular weight excluding hydrogens is 280 g/mol. The van der Waals surface area contributed by atoms with E-state index in [0.717, 1.165) is 22.6 Å². The lowest BCUT2D eigenvalue weighted by Crippen LogP contribution is -2.23. The Morgan fingerprint density at radius 3 is 2.52 bits per heavy atom. The van der Waals surface area contributed by atoms with Crippen LogP contribution in [0.15, 0.2) is 60.8 Å². The molecule has 3 nitrogen and oxygen atoms in total. The van der Waals surface area contributed by atoms with Gasteiger partial charge in [-0.15, -0.1) is 0 Å². The standard InChI is InChI=1S/C17H15N2OS/c1-20-16-10-6-5-9-14(16)11-19-12-15(18-17(19)21)13-7-3-2-4-8-13/h2-10,12H,11H2,1H3. The SMILES string of the molecule is COc1ccccc1CN1C=C(c2ccccc2)[N]C1=S. The second-order valence-electron chi connectivity index (χ2n) is 4.71. The molecule has 21 heavy (non-hydrogen) atoms. The molecule has 0 N–H and O–H groups in total. The average Bonchev–Trinajstić information content (AvgIpc) is 2.90. The summed E-state index contributed by atoms with van der Waals surface area (Å²) in [5, 5.41) is 5.05. The Balaban J connectivity index is 1.83. The number of hydrogen-bond acceptors (Lipinski definition) is 2. The molecule has 0 fully saturated rings. The Morgan fingerprint density at radius 2 is 1.76 bits per heavy atom. The topological polar surface area (TPSA) is 26.6 Å². The van der Waals surface area contributed by atoms with Crippen molar-refractivity contribution in [2.24, 2.45) is 0 Å². The van der Waals surface area contributed by atoms with E-state index in [0.29, 0.717) is 11.7 Å². The first-order valence-electron chi connectivity index (χ1n) is 6.69. The van der Waals surface area contributed by atoms with E-state index in [2.05, 4.69) is 5.32 Å². The van der Waals surface area contributed by atoms with Crippen molar-refractivity contribution in [1.29, 1.82) is 0 Å². The van der Waals surface area contributed by atoms with E-state index in [1.165, 1.54) is 0 Å². The molecule has 105 valence electrons. The van der Waals surface area contributed by atoms with Crippen LogP contribution in [0.1, 0.15) is 11.1 Å². The molecule has 0 saturated carbocycles. The number of methoxy groups -OCH3 is 1. The summed E-state index contributed by atoms with van der Waals surface area (Å²) in [6.45, 7) is 0.655. The summed E-state index contributed by atoms with van der Waals surface area (Å²) in [5.41, 5.74) is 3.06. The maximum atomic E-state index is 5.38. The van der Waals surface area contributed by atoms with Gasteiger partial charge in [-0.25, -0.2) is 5.32 Å². The van der Waals surface area contributed by atoms with Crippen LogP contribution in [0.25, 0.3) is 5.70 Å². The van der Waals surface area contributed by atoms with Crippen molar-refractivity contribution in [1.82, 2.24) is 10.2 Å². The molecule has 0 spiro atoms. The van der Waals surface area contributed by atoms with Gasteiger partial charge in [0.25, 0.3) is 0 Å². The van der Waals surface area contributed by atoms with Gasteiger partial charge in [0.15, 0.2) is 5.11 Å². The van der Waals surface area contributed by atoms with Crippen molar-refractivity contribution >= 4 is 23.0 Å². The summed E-state index contributed by atoms with van der Waals surface area (Å²) in [4.78, 5) is 1.97. The normalized spacial score (nSPS) is 13.9. The monoisotopic (exact) mass is 295 g/mol. The molecule has 0 unspecified atom stereocenters. The van der Waals surface area contributed by atoms with E-state index in [1.54, 1.807) is 7.11 Å². The Morgan fingerprint density at radius 1 is 1.05 bits per heavy atom. The fourth-order valence-electron chi connectivity index (χ4n) is 2.28. The third kappa shape index (κ3) is 2.90. The number of nitrogens with zero attached hydrogens (tertiary/aromatic N) is 2. The Bertz CT molecular complexity index is 682. The van der Waals surface area contributed by atoms with Crippen LogP contribution in [0, 0.1) is 0 Å². The number of ether oxygens (including phenoxy) is 1. The van der Waals surface area contributed by atoms with E-state index < -0.39 is 0 Å². The number of para-hydroxylation sites is 1. The summed E-state index contributed by atoms with van der Waals surface area (Å²) >= 11 is 5.36. The van der Waals surface area contributed by atoms with Gasteiger partial charge in [-0.2, -0.15) is 0 Å². The van der Waals surface area contributed by atoms with Crippen molar-refractivity contribution in [2.45, 2.75) is 6.54 Å². The molecular formula is C17H15N2OS. The Labute approximate surface area is 129 Å². The van der Waals surface area contributed by atoms with Crippen LogP contribution in [-0.2, 0) is 6.54 Å². The predicted molar refractivity (Wildman–Crippen MR) is 87.7 cm³/mol. The summed E-state index contributed by atoms with van der Waals surface area (Å²) in [7, 11) is 1.68. The Hall–Kier alpha value is -2.33. The summed E-state index contributed by atoms with van der Waals surface area (Å²) < 4.78 is 5.38. The van der Waals surface area contributed by atoms with Crippen molar-refractivity contribution in [3.63, 3.8) is 0 Å². The van der Waals surface area contributed by atoms with E-state index in [4.69, 9.17) is 17.0 Å². The highest BCUT2D eigenvalue weighted by atomic mass is 32.1. The van der Waals surface area contributed by atoms with Crippen molar-refractivity contribution in [3.05, 3.63) is 71.9 Å². The molecule has 0 bridgehead atoms. The molecule has 2 aromatic carbocycles. The highest BCUT2D eigenvalue weighted by molar-refractivity contribution is 7.80. The highest BCUT2D eigenvalue weighted by Gasteiger charge is 2.21. The molecule has 1 aliphatic rings. The summed E-state index contributed by atoms with van der Waals surface area (Å²) in [5.74, 6) is 0.863. The molecule has 1 aliphatic heterocycles. The zero-order valence-electron chi connectivity index (χ0n) is 11.7. The quantitative estimate of drug-likeness (QED) is 0.809. The predicted octanol–water partition coefficient (Wildman–Crippen LogP) is 3.40. The maximum absolute atomic E-state index is 5.38. The molecule has 4 heteroatoms. The first-order chi connectivity index (χ1) is 10.3. The lowest BCUT2D eigenvalue weighted by molar-refractivity contribution is 0.403. The molecule has 0 atom stereocenters. The molecule has 2 aromatic rings. The highest BCUT2D eigenvalue weighted by Crippen LogP contribution is 2.24. The first kappa shape index (κ1) is 13.6. The van der Waals surface area contributed by atoms with Gasteiger partial charge in [0.05, 0.1) is 19.4 Å². The Kier molecular flexibility index (Phi) is 3.88. The minimum Gasteiger partial charge on any atom is -0.496 e. The lowest BCUT2D eigenvalue weighted by Gasteiger charge is -2.16. The second kappa shape index (κ2) is 5.97. The van der Waals surface area contributed by atoms with Gasteiger partial charge in [-0.1, -0.05) is 48.5 Å². The van der Waals surface area contributed by atoms with E-state index in [1.807, 2.05) is 65.7 Å². The van der Waals surface area contributed by atoms with Crippen LogP contribution in [0.3, 0.4) is 0 Å². The van der Waals surface area contributed by atoms with E-state index in [-0.39, 0.29) is 0 Å².